The van der Waals surface area contributed by atoms with E-state index < -0.39 is 5.97 Å². The molecular formula is C13H20N2O2. The molecule has 0 amide bonds. The van der Waals surface area contributed by atoms with Crippen LogP contribution in [0.5, 0.6) is 0 Å². The number of nitrogens with zero attached hydrogens (tertiary/aromatic N) is 1. The van der Waals surface area contributed by atoms with Crippen molar-refractivity contribution in [1.29, 1.82) is 0 Å². The van der Waals surface area contributed by atoms with Gasteiger partial charge in [-0.1, -0.05) is 19.1 Å². The Balaban J connectivity index is 2.36. The van der Waals surface area contributed by atoms with Gasteiger partial charge in [0.05, 0.1) is 5.56 Å². The van der Waals surface area contributed by atoms with Gasteiger partial charge in [-0.25, -0.2) is 4.79 Å². The first-order chi connectivity index (χ1) is 8.13. The smallest absolute Gasteiger partial charge is 0.335 e. The van der Waals surface area contributed by atoms with Crippen LogP contribution in [0.4, 0.5) is 0 Å². The second-order valence-corrected chi connectivity index (χ2v) is 4.08. The molecule has 0 unspecified atom stereocenters. The molecule has 0 aliphatic rings. The molecule has 4 nitrogen and oxygen atoms in total. The first kappa shape index (κ1) is 13.7. The van der Waals surface area contributed by atoms with E-state index in [0.29, 0.717) is 12.1 Å². The van der Waals surface area contributed by atoms with Gasteiger partial charge in [-0.3, -0.25) is 0 Å². The number of hydrogen-bond donors (Lipinski definition) is 2. The van der Waals surface area contributed by atoms with Crippen molar-refractivity contribution < 1.29 is 9.90 Å². The molecule has 0 aliphatic heterocycles. The van der Waals surface area contributed by atoms with E-state index in [4.69, 9.17) is 5.11 Å². The summed E-state index contributed by atoms with van der Waals surface area (Å²) in [6.45, 7) is 5.77. The summed E-state index contributed by atoms with van der Waals surface area (Å²) in [7, 11) is 2.08. The minimum atomic E-state index is -0.877. The van der Waals surface area contributed by atoms with Crippen molar-refractivity contribution in [2.24, 2.45) is 0 Å². The van der Waals surface area contributed by atoms with Crippen LogP contribution in [0.15, 0.2) is 24.3 Å². The zero-order chi connectivity index (χ0) is 12.7. The highest BCUT2D eigenvalue weighted by Gasteiger charge is 2.02. The molecule has 0 bridgehead atoms. The van der Waals surface area contributed by atoms with Crippen molar-refractivity contribution in [2.45, 2.75) is 13.5 Å². The number of aromatic carboxylic acids is 1. The zero-order valence-electron chi connectivity index (χ0n) is 10.4. The normalized spacial score (nSPS) is 10.8. The van der Waals surface area contributed by atoms with Gasteiger partial charge in [-0.15, -0.1) is 0 Å². The van der Waals surface area contributed by atoms with Crippen molar-refractivity contribution in [1.82, 2.24) is 10.2 Å². The summed E-state index contributed by atoms with van der Waals surface area (Å²) in [5.74, 6) is -0.877. The number of carbonyl (C=O) groups is 1. The lowest BCUT2D eigenvalue weighted by atomic mass is 10.1. The van der Waals surface area contributed by atoms with Crippen LogP contribution in [0, 0.1) is 0 Å². The predicted octanol–water partition coefficient (Wildman–Crippen LogP) is 1.43. The minimum absolute atomic E-state index is 0.343. The molecule has 1 aromatic carbocycles. The van der Waals surface area contributed by atoms with E-state index in [1.165, 1.54) is 0 Å². The molecule has 0 aliphatic carbocycles. The van der Waals surface area contributed by atoms with Gasteiger partial charge in [0.15, 0.2) is 0 Å². The highest BCUT2D eigenvalue weighted by atomic mass is 16.4. The third kappa shape index (κ3) is 4.97. The average molecular weight is 236 g/mol. The fourth-order valence-electron chi connectivity index (χ4n) is 1.48. The Labute approximate surface area is 102 Å². The maximum atomic E-state index is 10.8. The second kappa shape index (κ2) is 7.04. The molecule has 0 spiro atoms. The highest BCUT2D eigenvalue weighted by molar-refractivity contribution is 5.87. The molecule has 0 atom stereocenters. The summed E-state index contributed by atoms with van der Waals surface area (Å²) >= 11 is 0. The number of nitrogens with one attached hydrogen (secondary N) is 1. The number of carboxylic acid groups (broad SMARTS) is 1. The number of carboxylic acids is 1. The maximum Gasteiger partial charge on any atom is 0.335 e. The van der Waals surface area contributed by atoms with Gasteiger partial charge in [0, 0.05) is 19.6 Å². The standard InChI is InChI=1S/C13H20N2O2/c1-3-15(2)8-7-14-10-11-5-4-6-12(9-11)13(16)17/h4-6,9,14H,3,7-8,10H2,1-2H3,(H,16,17). The van der Waals surface area contributed by atoms with E-state index in [1.807, 2.05) is 6.07 Å². The molecule has 0 radical (unpaired) electrons. The molecule has 0 fully saturated rings. The van der Waals surface area contributed by atoms with Gasteiger partial charge in [0.1, 0.15) is 0 Å². The summed E-state index contributed by atoms with van der Waals surface area (Å²) < 4.78 is 0. The first-order valence-corrected chi connectivity index (χ1v) is 5.85. The molecule has 0 aromatic heterocycles. The third-order valence-corrected chi connectivity index (χ3v) is 2.71. The maximum absolute atomic E-state index is 10.8. The van der Waals surface area contributed by atoms with Crippen molar-refractivity contribution >= 4 is 5.97 Å². The predicted molar refractivity (Wildman–Crippen MR) is 68.3 cm³/mol. The fraction of sp³-hybridized carbons (Fsp3) is 0.462. The Hall–Kier alpha value is -1.39. The van der Waals surface area contributed by atoms with E-state index in [1.54, 1.807) is 18.2 Å². The van der Waals surface area contributed by atoms with Gasteiger partial charge in [-0.2, -0.15) is 0 Å². The summed E-state index contributed by atoms with van der Waals surface area (Å²) in [4.78, 5) is 13.0. The number of rotatable bonds is 7. The lowest BCUT2D eigenvalue weighted by Gasteiger charge is -2.14. The van der Waals surface area contributed by atoms with Crippen molar-refractivity contribution in [2.75, 3.05) is 26.7 Å². The Morgan fingerprint density at radius 3 is 2.88 bits per heavy atom. The number of benzene rings is 1. The third-order valence-electron chi connectivity index (χ3n) is 2.71. The van der Waals surface area contributed by atoms with E-state index in [2.05, 4.69) is 24.2 Å². The summed E-state index contributed by atoms with van der Waals surface area (Å²) in [5.41, 5.74) is 1.35. The molecule has 1 rings (SSSR count). The fourth-order valence-corrected chi connectivity index (χ4v) is 1.48. The summed E-state index contributed by atoms with van der Waals surface area (Å²) in [6, 6.07) is 7.02. The van der Waals surface area contributed by atoms with E-state index in [9.17, 15) is 4.79 Å². The zero-order valence-corrected chi connectivity index (χ0v) is 10.4. The summed E-state index contributed by atoms with van der Waals surface area (Å²) in [5, 5.41) is 12.2. The lowest BCUT2D eigenvalue weighted by molar-refractivity contribution is 0.0696. The molecule has 2 N–H and O–H groups in total. The molecule has 17 heavy (non-hydrogen) atoms. The highest BCUT2D eigenvalue weighted by Crippen LogP contribution is 2.04. The monoisotopic (exact) mass is 236 g/mol. The molecule has 0 saturated heterocycles. The topological polar surface area (TPSA) is 52.6 Å². The quantitative estimate of drug-likeness (QED) is 0.703. The Bertz CT molecular complexity index is 366. The first-order valence-electron chi connectivity index (χ1n) is 5.85. The largest absolute Gasteiger partial charge is 0.478 e. The Morgan fingerprint density at radius 1 is 1.47 bits per heavy atom. The molecule has 4 heteroatoms. The van der Waals surface area contributed by atoms with Crippen LogP contribution >= 0.6 is 0 Å². The van der Waals surface area contributed by atoms with E-state index in [-0.39, 0.29) is 0 Å². The SMILES string of the molecule is CCN(C)CCNCc1cccc(C(=O)O)c1. The van der Waals surface area contributed by atoms with E-state index in [0.717, 1.165) is 25.2 Å². The molecule has 0 saturated carbocycles. The van der Waals surface area contributed by atoms with Crippen LogP contribution in [0.25, 0.3) is 0 Å². The van der Waals surface area contributed by atoms with E-state index >= 15 is 0 Å². The Kier molecular flexibility index (Phi) is 5.66. The van der Waals surface area contributed by atoms with Gasteiger partial charge in [-0.05, 0) is 31.3 Å². The minimum Gasteiger partial charge on any atom is -0.478 e. The van der Waals surface area contributed by atoms with Gasteiger partial charge in [0.2, 0.25) is 0 Å². The van der Waals surface area contributed by atoms with Crippen LogP contribution in [0.3, 0.4) is 0 Å². The molecular weight excluding hydrogens is 216 g/mol. The molecule has 1 aromatic rings. The van der Waals surface area contributed by atoms with Crippen molar-refractivity contribution in [3.05, 3.63) is 35.4 Å². The number of hydrogen-bond acceptors (Lipinski definition) is 3. The molecule has 0 heterocycles. The van der Waals surface area contributed by atoms with Crippen LogP contribution in [0.2, 0.25) is 0 Å². The van der Waals surface area contributed by atoms with Gasteiger partial charge < -0.3 is 15.3 Å². The van der Waals surface area contributed by atoms with Gasteiger partial charge >= 0.3 is 5.97 Å². The Morgan fingerprint density at radius 2 is 2.24 bits per heavy atom. The summed E-state index contributed by atoms with van der Waals surface area (Å²) in [6.07, 6.45) is 0. The molecule has 94 valence electrons. The lowest BCUT2D eigenvalue weighted by Crippen LogP contribution is -2.28. The second-order valence-electron chi connectivity index (χ2n) is 4.08. The van der Waals surface area contributed by atoms with Crippen LogP contribution in [-0.4, -0.2) is 42.7 Å². The average Bonchev–Trinajstić information content (AvgIpc) is 2.34. The van der Waals surface area contributed by atoms with Gasteiger partial charge in [0.25, 0.3) is 0 Å². The van der Waals surface area contributed by atoms with Crippen molar-refractivity contribution in [3.63, 3.8) is 0 Å². The van der Waals surface area contributed by atoms with Crippen LogP contribution in [-0.2, 0) is 6.54 Å². The van der Waals surface area contributed by atoms with Crippen LogP contribution < -0.4 is 5.32 Å². The van der Waals surface area contributed by atoms with Crippen molar-refractivity contribution in [3.8, 4) is 0 Å². The number of likely N-dealkylation sites (N-methyl/N-ethyl adjacent to an activating group) is 1. The van der Waals surface area contributed by atoms with Crippen LogP contribution in [0.1, 0.15) is 22.8 Å².